The summed E-state index contributed by atoms with van der Waals surface area (Å²) in [5.74, 6) is 0.771. The Kier molecular flexibility index (Phi) is 6.82. The molecule has 1 fully saturated rings. The predicted octanol–water partition coefficient (Wildman–Crippen LogP) is 6.21. The predicted molar refractivity (Wildman–Crippen MR) is 131 cm³/mol. The number of hydrogen-bond donors (Lipinski definition) is 1. The van der Waals surface area contributed by atoms with Gasteiger partial charge in [0.2, 0.25) is 5.88 Å². The lowest BCUT2D eigenvalue weighted by atomic mass is 9.87. The van der Waals surface area contributed by atoms with Crippen LogP contribution in [0, 0.1) is 5.92 Å². The fourth-order valence-electron chi connectivity index (χ4n) is 4.47. The van der Waals surface area contributed by atoms with E-state index >= 15 is 0 Å². The summed E-state index contributed by atoms with van der Waals surface area (Å²) in [7, 11) is 0. The van der Waals surface area contributed by atoms with Gasteiger partial charge in [-0.1, -0.05) is 0 Å². The number of imidazole rings is 1. The first-order valence-corrected chi connectivity index (χ1v) is 12.1. The zero-order valence-corrected chi connectivity index (χ0v) is 20.1. The molecule has 0 unspecified atom stereocenters. The third kappa shape index (κ3) is 5.58. The molecule has 4 aromatic rings. The fourth-order valence-corrected chi connectivity index (χ4v) is 4.47. The largest absolute Gasteiger partial charge is 0.474 e. The Morgan fingerprint density at radius 2 is 1.76 bits per heavy atom. The van der Waals surface area contributed by atoms with E-state index in [2.05, 4.69) is 19.9 Å². The minimum Gasteiger partial charge on any atom is -0.474 e. The second-order valence-corrected chi connectivity index (χ2v) is 8.98. The molecule has 0 aliphatic heterocycles. The number of aromatic amines is 1. The molecule has 0 radical (unpaired) electrons. The summed E-state index contributed by atoms with van der Waals surface area (Å²) in [6, 6.07) is 10.7. The molecule has 0 saturated heterocycles. The van der Waals surface area contributed by atoms with Crippen LogP contribution in [0.3, 0.4) is 0 Å². The second kappa shape index (κ2) is 10.2. The van der Waals surface area contributed by atoms with E-state index in [4.69, 9.17) is 9.47 Å². The van der Waals surface area contributed by atoms with Gasteiger partial charge in [0.15, 0.2) is 0 Å². The van der Waals surface area contributed by atoms with Gasteiger partial charge in [-0.05, 0) is 69.0 Å². The maximum atomic E-state index is 13.0. The number of ether oxygens (including phenoxy) is 2. The third-order valence-electron chi connectivity index (χ3n) is 6.46. The molecule has 0 spiro atoms. The van der Waals surface area contributed by atoms with E-state index in [0.717, 1.165) is 43.4 Å². The van der Waals surface area contributed by atoms with Crippen molar-refractivity contribution in [1.29, 1.82) is 0 Å². The van der Waals surface area contributed by atoms with Gasteiger partial charge in [-0.15, -0.1) is 0 Å². The van der Waals surface area contributed by atoms with Gasteiger partial charge < -0.3 is 14.5 Å². The van der Waals surface area contributed by atoms with E-state index in [1.165, 1.54) is 6.07 Å². The molecule has 1 N–H and O–H groups in total. The van der Waals surface area contributed by atoms with Crippen molar-refractivity contribution in [2.24, 2.45) is 5.92 Å². The number of halogens is 3. The van der Waals surface area contributed by atoms with Gasteiger partial charge in [0.25, 0.3) is 0 Å². The Balaban J connectivity index is 1.22. The molecule has 1 aliphatic carbocycles. The number of fused-ring (bicyclic) bond motifs is 1. The normalized spacial score (nSPS) is 18.1. The molecule has 1 saturated carbocycles. The van der Waals surface area contributed by atoms with Gasteiger partial charge in [-0.3, -0.25) is 9.78 Å². The summed E-state index contributed by atoms with van der Waals surface area (Å²) in [6.07, 6.45) is 1.92. The van der Waals surface area contributed by atoms with Crippen molar-refractivity contribution in [3.8, 4) is 28.5 Å². The van der Waals surface area contributed by atoms with Crippen LogP contribution in [0.5, 0.6) is 5.88 Å². The van der Waals surface area contributed by atoms with Crippen LogP contribution < -0.4 is 4.74 Å². The highest BCUT2D eigenvalue weighted by atomic mass is 19.4. The maximum Gasteiger partial charge on any atom is 0.416 e. The number of aromatic nitrogens is 4. The van der Waals surface area contributed by atoms with Gasteiger partial charge in [0, 0.05) is 29.6 Å². The minimum atomic E-state index is -4.42. The van der Waals surface area contributed by atoms with Crippen LogP contribution >= 0.6 is 0 Å². The lowest BCUT2D eigenvalue weighted by Gasteiger charge is -2.27. The minimum absolute atomic E-state index is 0.0115. The Bertz CT molecular complexity index is 1380. The Morgan fingerprint density at radius 1 is 1.00 bits per heavy atom. The molecule has 37 heavy (non-hydrogen) atoms. The summed E-state index contributed by atoms with van der Waals surface area (Å²) >= 11 is 0. The Hall–Kier alpha value is -3.95. The first kappa shape index (κ1) is 24.7. The molecule has 1 aromatic carbocycles. The topological polar surface area (TPSA) is 90.0 Å². The molecule has 5 rings (SSSR count). The number of nitrogens with zero attached hydrogens (tertiary/aromatic N) is 3. The number of esters is 1. The van der Waals surface area contributed by atoms with Gasteiger partial charge in [-0.2, -0.15) is 13.2 Å². The molecule has 3 aromatic heterocycles. The summed E-state index contributed by atoms with van der Waals surface area (Å²) in [5.41, 5.74) is 2.15. The second-order valence-electron chi connectivity index (χ2n) is 8.98. The van der Waals surface area contributed by atoms with Crippen LogP contribution in [0.4, 0.5) is 13.2 Å². The van der Waals surface area contributed by atoms with Crippen molar-refractivity contribution in [2.75, 3.05) is 6.61 Å². The highest BCUT2D eigenvalue weighted by Crippen LogP contribution is 2.32. The standard InChI is InChI=1S/C27H25F3N4O3/c1-2-36-26(35)16-3-8-20(9-4-16)37-24-12-6-17(14-32-24)21-10-5-18(15-31-21)25-33-22-11-7-19(27(28,29)30)13-23(22)34-25/h5-7,10-16,20H,2-4,8-9H2,1H3,(H,33,34)/t16-,20-. The zero-order chi connectivity index (χ0) is 26.0. The van der Waals surface area contributed by atoms with Crippen LogP contribution in [0.25, 0.3) is 33.7 Å². The van der Waals surface area contributed by atoms with Gasteiger partial charge in [0.05, 0.1) is 34.8 Å². The molecule has 3 heterocycles. The Labute approximate surface area is 211 Å². The van der Waals surface area contributed by atoms with Gasteiger partial charge in [0.1, 0.15) is 11.9 Å². The molecule has 1 aliphatic rings. The van der Waals surface area contributed by atoms with Gasteiger partial charge in [-0.25, -0.2) is 9.97 Å². The van der Waals surface area contributed by atoms with Crippen molar-refractivity contribution in [3.05, 3.63) is 60.4 Å². The number of H-pyrrole nitrogens is 1. The molecular weight excluding hydrogens is 485 g/mol. The summed E-state index contributed by atoms with van der Waals surface area (Å²) in [6.45, 7) is 2.21. The van der Waals surface area contributed by atoms with E-state index in [9.17, 15) is 18.0 Å². The monoisotopic (exact) mass is 510 g/mol. The first-order chi connectivity index (χ1) is 17.8. The molecule has 192 valence electrons. The van der Waals surface area contributed by atoms with Crippen LogP contribution in [0.15, 0.2) is 54.9 Å². The number of nitrogens with one attached hydrogen (secondary N) is 1. The molecule has 0 amide bonds. The third-order valence-corrected chi connectivity index (χ3v) is 6.46. The van der Waals surface area contributed by atoms with Crippen molar-refractivity contribution < 1.29 is 27.4 Å². The number of carbonyl (C=O) groups is 1. The number of pyridine rings is 2. The zero-order valence-electron chi connectivity index (χ0n) is 20.1. The van der Waals surface area contributed by atoms with Crippen molar-refractivity contribution >= 4 is 17.0 Å². The smallest absolute Gasteiger partial charge is 0.416 e. The average molecular weight is 511 g/mol. The average Bonchev–Trinajstić information content (AvgIpc) is 3.33. The molecule has 0 bridgehead atoms. The molecule has 0 atom stereocenters. The summed E-state index contributed by atoms with van der Waals surface area (Å²) in [5, 5.41) is 0. The van der Waals surface area contributed by atoms with Crippen LogP contribution in [-0.2, 0) is 15.7 Å². The lowest BCUT2D eigenvalue weighted by molar-refractivity contribution is -0.149. The highest BCUT2D eigenvalue weighted by Gasteiger charge is 2.31. The van der Waals surface area contributed by atoms with E-state index in [1.54, 1.807) is 30.6 Å². The van der Waals surface area contributed by atoms with Crippen molar-refractivity contribution in [2.45, 2.75) is 44.9 Å². The molecular formula is C27H25F3N4O3. The molecule has 7 nitrogen and oxygen atoms in total. The van der Waals surface area contributed by atoms with Crippen molar-refractivity contribution in [3.63, 3.8) is 0 Å². The van der Waals surface area contributed by atoms with Crippen LogP contribution in [0.2, 0.25) is 0 Å². The summed E-state index contributed by atoms with van der Waals surface area (Å²) < 4.78 is 50.1. The lowest BCUT2D eigenvalue weighted by Crippen LogP contribution is -2.29. The SMILES string of the molecule is CCOC(=O)[C@H]1CC[C@H](Oc2ccc(-c3ccc(-c4nc5cc(C(F)(F)F)ccc5[nH]4)cn3)cn2)CC1. The molecule has 10 heteroatoms. The number of carbonyl (C=O) groups excluding carboxylic acids is 1. The Morgan fingerprint density at radius 3 is 2.41 bits per heavy atom. The van der Waals surface area contributed by atoms with Crippen LogP contribution in [-0.4, -0.2) is 38.6 Å². The number of rotatable bonds is 6. The van der Waals surface area contributed by atoms with E-state index in [-0.39, 0.29) is 23.5 Å². The number of benzene rings is 1. The van der Waals surface area contributed by atoms with E-state index in [0.29, 0.717) is 35.1 Å². The first-order valence-electron chi connectivity index (χ1n) is 12.1. The summed E-state index contributed by atoms with van der Waals surface area (Å²) in [4.78, 5) is 28.1. The van der Waals surface area contributed by atoms with E-state index in [1.807, 2.05) is 13.0 Å². The highest BCUT2D eigenvalue weighted by molar-refractivity contribution is 5.80. The quantitative estimate of drug-likeness (QED) is 0.310. The fraction of sp³-hybridized carbons (Fsp3) is 0.333. The van der Waals surface area contributed by atoms with Crippen LogP contribution in [0.1, 0.15) is 38.2 Å². The maximum absolute atomic E-state index is 13.0. The van der Waals surface area contributed by atoms with Crippen molar-refractivity contribution in [1.82, 2.24) is 19.9 Å². The number of alkyl halides is 3. The number of hydrogen-bond acceptors (Lipinski definition) is 6. The van der Waals surface area contributed by atoms with E-state index < -0.39 is 11.7 Å². The van der Waals surface area contributed by atoms with Gasteiger partial charge >= 0.3 is 12.1 Å².